The quantitative estimate of drug-likeness (QED) is 0.747. The summed E-state index contributed by atoms with van der Waals surface area (Å²) in [7, 11) is 6.96. The van der Waals surface area contributed by atoms with Crippen LogP contribution in [0.5, 0.6) is 40.2 Å². The molecule has 3 rings (SSSR count). The third-order valence-electron chi connectivity index (χ3n) is 4.69. The molecule has 2 aromatic carbocycles. The van der Waals surface area contributed by atoms with Gasteiger partial charge in [0.2, 0.25) is 17.3 Å². The first-order valence-electron chi connectivity index (χ1n) is 8.58. The highest BCUT2D eigenvalue weighted by Gasteiger charge is 2.42. The molecule has 9 nitrogen and oxygen atoms in total. The van der Waals surface area contributed by atoms with Gasteiger partial charge in [-0.2, -0.15) is 0 Å². The van der Waals surface area contributed by atoms with Crippen LogP contribution in [-0.2, 0) is 4.74 Å². The van der Waals surface area contributed by atoms with Gasteiger partial charge in [-0.05, 0) is 12.1 Å². The van der Waals surface area contributed by atoms with Crippen molar-refractivity contribution in [1.29, 1.82) is 0 Å². The van der Waals surface area contributed by atoms with Gasteiger partial charge in [0.25, 0.3) is 0 Å². The summed E-state index contributed by atoms with van der Waals surface area (Å²) in [5.74, 6) is -0.187. The summed E-state index contributed by atoms with van der Waals surface area (Å²) in [6.45, 7) is 0. The highest BCUT2D eigenvalue weighted by atomic mass is 16.6. The number of Topliss-reactive ketones (excluding diaryl/α,β-unsaturated/α-hetero) is 1. The Labute approximate surface area is 167 Å². The molecule has 0 fully saturated rings. The van der Waals surface area contributed by atoms with Gasteiger partial charge in [-0.1, -0.05) is 0 Å². The predicted molar refractivity (Wildman–Crippen MR) is 101 cm³/mol. The number of ether oxygens (including phenoxy) is 6. The lowest BCUT2D eigenvalue weighted by atomic mass is 9.92. The van der Waals surface area contributed by atoms with Gasteiger partial charge in [0, 0.05) is 18.7 Å². The van der Waals surface area contributed by atoms with Gasteiger partial charge in [-0.15, -0.1) is 0 Å². The maximum absolute atomic E-state index is 13.2. The number of carbonyl (C=O) groups is 1. The number of hydrogen-bond donors (Lipinski definition) is 2. The van der Waals surface area contributed by atoms with Crippen LogP contribution in [0.4, 0.5) is 0 Å². The highest BCUT2D eigenvalue weighted by Crippen LogP contribution is 2.50. The Hall–Kier alpha value is -3.33. The van der Waals surface area contributed by atoms with Crippen molar-refractivity contribution in [2.45, 2.75) is 12.2 Å². The van der Waals surface area contributed by atoms with E-state index in [-0.39, 0.29) is 40.1 Å². The maximum atomic E-state index is 13.2. The normalized spacial score (nSPS) is 17.9. The number of carbonyl (C=O) groups excluding carboxylic acids is 1. The van der Waals surface area contributed by atoms with Crippen molar-refractivity contribution in [1.82, 2.24) is 0 Å². The molecule has 0 saturated heterocycles. The Morgan fingerprint density at radius 2 is 1.41 bits per heavy atom. The van der Waals surface area contributed by atoms with Gasteiger partial charge >= 0.3 is 0 Å². The Kier molecular flexibility index (Phi) is 5.60. The molecule has 0 aromatic heterocycles. The number of aromatic hydroxyl groups is 2. The SMILES string of the molecule is COc1cc2c(c(OC)c1OC)C(=O)[C@H](OC)[C@@H](c1cc(O)c(OC)c(O)c1)O2. The molecule has 0 saturated carbocycles. The van der Waals surface area contributed by atoms with Crippen molar-refractivity contribution >= 4 is 5.78 Å². The van der Waals surface area contributed by atoms with Crippen molar-refractivity contribution in [3.63, 3.8) is 0 Å². The van der Waals surface area contributed by atoms with Crippen LogP contribution < -0.4 is 23.7 Å². The Morgan fingerprint density at radius 3 is 1.90 bits per heavy atom. The summed E-state index contributed by atoms with van der Waals surface area (Å²) in [6.07, 6.45) is -2.02. The molecular formula is C20H22O9. The average molecular weight is 406 g/mol. The van der Waals surface area contributed by atoms with Gasteiger partial charge in [0.1, 0.15) is 11.3 Å². The molecular weight excluding hydrogens is 384 g/mol. The molecule has 2 aromatic rings. The van der Waals surface area contributed by atoms with E-state index in [1.165, 1.54) is 53.7 Å². The maximum Gasteiger partial charge on any atom is 0.204 e. The van der Waals surface area contributed by atoms with E-state index >= 15 is 0 Å². The number of rotatable bonds is 6. The molecule has 1 heterocycles. The van der Waals surface area contributed by atoms with Gasteiger partial charge < -0.3 is 38.6 Å². The molecule has 0 aliphatic carbocycles. The second kappa shape index (κ2) is 7.96. The van der Waals surface area contributed by atoms with Crippen molar-refractivity contribution in [3.05, 3.63) is 29.3 Å². The molecule has 0 unspecified atom stereocenters. The smallest absolute Gasteiger partial charge is 0.204 e. The molecule has 1 aliphatic heterocycles. The summed E-state index contributed by atoms with van der Waals surface area (Å²) in [5, 5.41) is 20.3. The van der Waals surface area contributed by atoms with Crippen molar-refractivity contribution in [2.24, 2.45) is 0 Å². The molecule has 9 heteroatoms. The highest BCUT2D eigenvalue weighted by molar-refractivity contribution is 6.07. The third-order valence-corrected chi connectivity index (χ3v) is 4.69. The lowest BCUT2D eigenvalue weighted by Crippen LogP contribution is -2.38. The first-order chi connectivity index (χ1) is 13.9. The minimum absolute atomic E-state index is 0.0849. The second-order valence-corrected chi connectivity index (χ2v) is 6.17. The minimum Gasteiger partial charge on any atom is -0.504 e. The van der Waals surface area contributed by atoms with Crippen LogP contribution in [0, 0.1) is 0 Å². The zero-order valence-corrected chi connectivity index (χ0v) is 16.6. The van der Waals surface area contributed by atoms with Crippen LogP contribution in [-0.4, -0.2) is 57.6 Å². The van der Waals surface area contributed by atoms with Crippen LogP contribution in [0.2, 0.25) is 0 Å². The molecule has 0 amide bonds. The predicted octanol–water partition coefficient (Wildman–Crippen LogP) is 2.46. The number of methoxy groups -OCH3 is 5. The number of phenols is 2. The monoisotopic (exact) mass is 406 g/mol. The summed E-state index contributed by atoms with van der Waals surface area (Å²) in [5.41, 5.74) is 0.468. The molecule has 0 radical (unpaired) electrons. The van der Waals surface area contributed by atoms with Crippen molar-refractivity contribution < 1.29 is 43.4 Å². The van der Waals surface area contributed by atoms with E-state index in [9.17, 15) is 15.0 Å². The molecule has 0 spiro atoms. The van der Waals surface area contributed by atoms with Crippen molar-refractivity contribution in [3.8, 4) is 40.2 Å². The van der Waals surface area contributed by atoms with E-state index in [1.54, 1.807) is 0 Å². The lowest BCUT2D eigenvalue weighted by Gasteiger charge is -2.33. The fourth-order valence-electron chi connectivity index (χ4n) is 3.40. The Balaban J connectivity index is 2.18. The van der Waals surface area contributed by atoms with E-state index in [0.717, 1.165) is 0 Å². The average Bonchev–Trinajstić information content (AvgIpc) is 2.71. The van der Waals surface area contributed by atoms with Crippen LogP contribution >= 0.6 is 0 Å². The minimum atomic E-state index is -1.07. The Bertz CT molecular complexity index is 915. The first-order valence-corrected chi connectivity index (χ1v) is 8.58. The van der Waals surface area contributed by atoms with E-state index in [2.05, 4.69) is 0 Å². The fourth-order valence-corrected chi connectivity index (χ4v) is 3.40. The Morgan fingerprint density at radius 1 is 0.828 bits per heavy atom. The molecule has 29 heavy (non-hydrogen) atoms. The van der Waals surface area contributed by atoms with Crippen LogP contribution in [0.3, 0.4) is 0 Å². The van der Waals surface area contributed by atoms with Gasteiger partial charge in [0.15, 0.2) is 35.2 Å². The second-order valence-electron chi connectivity index (χ2n) is 6.17. The molecule has 1 aliphatic rings. The van der Waals surface area contributed by atoms with Gasteiger partial charge in [0.05, 0.1) is 28.4 Å². The van der Waals surface area contributed by atoms with E-state index < -0.39 is 18.0 Å². The zero-order chi connectivity index (χ0) is 21.3. The summed E-state index contributed by atoms with van der Waals surface area (Å²) in [6, 6.07) is 4.19. The van der Waals surface area contributed by atoms with E-state index in [0.29, 0.717) is 11.3 Å². The lowest BCUT2D eigenvalue weighted by molar-refractivity contribution is -0.00136. The molecule has 2 atom stereocenters. The summed E-state index contributed by atoms with van der Waals surface area (Å²) in [4.78, 5) is 13.2. The van der Waals surface area contributed by atoms with E-state index in [1.807, 2.05) is 0 Å². The van der Waals surface area contributed by atoms with Crippen LogP contribution in [0.25, 0.3) is 0 Å². The molecule has 156 valence electrons. The number of fused-ring (bicyclic) bond motifs is 1. The standard InChI is InChI=1S/C20H22O9/c1-24-13-8-12-14(19(27-4)18(13)26-3)15(23)20(28-5)16(29-12)9-6-10(21)17(25-2)11(22)7-9/h6-8,16,20-22H,1-5H3/t16-,20+/m1/s1. The number of benzene rings is 2. The third kappa shape index (κ3) is 3.23. The van der Waals surface area contributed by atoms with Crippen LogP contribution in [0.15, 0.2) is 18.2 Å². The van der Waals surface area contributed by atoms with Crippen molar-refractivity contribution in [2.75, 3.05) is 35.5 Å². The summed E-state index contributed by atoms with van der Waals surface area (Å²) >= 11 is 0. The van der Waals surface area contributed by atoms with E-state index in [4.69, 9.17) is 28.4 Å². The number of hydrogen-bond acceptors (Lipinski definition) is 9. The van der Waals surface area contributed by atoms with Crippen LogP contribution in [0.1, 0.15) is 22.0 Å². The number of phenolic OH excluding ortho intramolecular Hbond substituents is 2. The number of ketones is 1. The molecule has 0 bridgehead atoms. The van der Waals surface area contributed by atoms with Gasteiger partial charge in [-0.3, -0.25) is 4.79 Å². The van der Waals surface area contributed by atoms with Gasteiger partial charge in [-0.25, -0.2) is 0 Å². The largest absolute Gasteiger partial charge is 0.504 e. The summed E-state index contributed by atoms with van der Waals surface area (Å²) < 4.78 is 32.4. The zero-order valence-electron chi connectivity index (χ0n) is 16.6. The topological polar surface area (TPSA) is 113 Å². The molecule has 2 N–H and O–H groups in total. The fraction of sp³-hybridized carbons (Fsp3) is 0.350. The first kappa shape index (κ1) is 20.4.